The number of carbonyl (C=O) groups is 1. The third kappa shape index (κ3) is 3.34. The van der Waals surface area contributed by atoms with Crippen LogP contribution in [0.3, 0.4) is 0 Å². The van der Waals surface area contributed by atoms with Crippen LogP contribution in [0.15, 0.2) is 10.6 Å². The molecule has 0 aromatic carbocycles. The fourth-order valence-electron chi connectivity index (χ4n) is 1.42. The molecule has 0 unspecified atom stereocenters. The van der Waals surface area contributed by atoms with Crippen molar-refractivity contribution in [3.05, 3.63) is 17.5 Å². The number of rotatable bonds is 5. The van der Waals surface area contributed by atoms with Crippen molar-refractivity contribution in [2.24, 2.45) is 0 Å². The van der Waals surface area contributed by atoms with Gasteiger partial charge in [0.05, 0.1) is 12.1 Å². The summed E-state index contributed by atoms with van der Waals surface area (Å²) in [6, 6.07) is 1.81. The van der Waals surface area contributed by atoms with Crippen LogP contribution in [0, 0.1) is 6.92 Å². The molecule has 0 bridgehead atoms. The average Bonchev–Trinajstić information content (AvgIpc) is 2.60. The van der Waals surface area contributed by atoms with E-state index in [1.165, 1.54) is 0 Å². The van der Waals surface area contributed by atoms with Crippen LogP contribution in [0.4, 0.5) is 0 Å². The molecule has 0 radical (unpaired) electrons. The Labute approximate surface area is 95.6 Å². The molecule has 1 aromatic rings. The molecule has 0 saturated heterocycles. The second-order valence-electron chi connectivity index (χ2n) is 4.27. The van der Waals surface area contributed by atoms with E-state index in [0.29, 0.717) is 6.54 Å². The van der Waals surface area contributed by atoms with Crippen LogP contribution in [0.2, 0.25) is 0 Å². The number of amides is 1. The maximum Gasteiger partial charge on any atom is 0.240 e. The topological polar surface area (TPSA) is 67.2 Å². The Morgan fingerprint density at radius 1 is 1.56 bits per heavy atom. The van der Waals surface area contributed by atoms with E-state index in [1.807, 2.05) is 27.7 Å². The highest BCUT2D eigenvalue weighted by molar-refractivity contribution is 5.85. The van der Waals surface area contributed by atoms with Gasteiger partial charge < -0.3 is 15.2 Å². The van der Waals surface area contributed by atoms with Crippen molar-refractivity contribution in [1.29, 1.82) is 0 Å². The minimum absolute atomic E-state index is 0.0463. The monoisotopic (exact) mass is 225 g/mol. The zero-order valence-electron chi connectivity index (χ0n) is 10.3. The number of nitrogens with zero attached hydrogens (tertiary/aromatic N) is 1. The first-order valence-electron chi connectivity index (χ1n) is 5.41. The molecule has 90 valence electrons. The molecule has 5 heteroatoms. The first kappa shape index (κ1) is 12.7. The lowest BCUT2D eigenvalue weighted by Gasteiger charge is -2.24. The van der Waals surface area contributed by atoms with Crippen LogP contribution in [-0.4, -0.2) is 23.1 Å². The van der Waals surface area contributed by atoms with E-state index in [1.54, 1.807) is 6.07 Å². The number of nitrogens with one attached hydrogen (secondary N) is 2. The summed E-state index contributed by atoms with van der Waals surface area (Å²) in [5.41, 5.74) is 0.172. The Bertz CT molecular complexity index is 358. The summed E-state index contributed by atoms with van der Waals surface area (Å²) < 4.78 is 4.91. The molecule has 1 amide bonds. The minimum atomic E-state index is -0.562. The fourth-order valence-corrected chi connectivity index (χ4v) is 1.42. The molecule has 0 aliphatic heterocycles. The molecule has 1 heterocycles. The quantitative estimate of drug-likeness (QED) is 0.784. The predicted molar refractivity (Wildman–Crippen MR) is 60.8 cm³/mol. The van der Waals surface area contributed by atoms with E-state index in [9.17, 15) is 4.79 Å². The molecule has 16 heavy (non-hydrogen) atoms. The Balaban J connectivity index is 2.46. The van der Waals surface area contributed by atoms with Crippen LogP contribution >= 0.6 is 0 Å². The minimum Gasteiger partial charge on any atom is -0.361 e. The highest BCUT2D eigenvalue weighted by atomic mass is 16.5. The van der Waals surface area contributed by atoms with Gasteiger partial charge in [0.15, 0.2) is 0 Å². The molecule has 0 spiro atoms. The van der Waals surface area contributed by atoms with Crippen molar-refractivity contribution in [3.8, 4) is 0 Å². The van der Waals surface area contributed by atoms with Crippen LogP contribution < -0.4 is 10.6 Å². The number of aromatic nitrogens is 1. The molecule has 0 saturated carbocycles. The van der Waals surface area contributed by atoms with Crippen molar-refractivity contribution >= 4 is 5.91 Å². The van der Waals surface area contributed by atoms with Crippen LogP contribution in [0.1, 0.15) is 32.2 Å². The van der Waals surface area contributed by atoms with E-state index >= 15 is 0 Å². The Kier molecular flexibility index (Phi) is 4.06. The van der Waals surface area contributed by atoms with Gasteiger partial charge in [-0.3, -0.25) is 4.79 Å². The number of likely N-dealkylation sites (N-methyl/N-ethyl adjacent to an activating group) is 1. The van der Waals surface area contributed by atoms with Crippen molar-refractivity contribution in [1.82, 2.24) is 15.8 Å². The average molecular weight is 225 g/mol. The zero-order valence-corrected chi connectivity index (χ0v) is 10.3. The first-order chi connectivity index (χ1) is 7.45. The third-order valence-corrected chi connectivity index (χ3v) is 2.29. The molecule has 0 fully saturated rings. The van der Waals surface area contributed by atoms with Gasteiger partial charge in [0, 0.05) is 6.07 Å². The largest absolute Gasteiger partial charge is 0.361 e. The molecule has 0 aliphatic carbocycles. The van der Waals surface area contributed by atoms with Gasteiger partial charge >= 0.3 is 0 Å². The molecule has 0 atom stereocenters. The molecule has 0 aliphatic rings. The van der Waals surface area contributed by atoms with Gasteiger partial charge in [0.2, 0.25) is 5.91 Å². The molecule has 2 N–H and O–H groups in total. The van der Waals surface area contributed by atoms with E-state index in [4.69, 9.17) is 4.52 Å². The van der Waals surface area contributed by atoms with Gasteiger partial charge in [-0.1, -0.05) is 12.1 Å². The van der Waals surface area contributed by atoms with Gasteiger partial charge in [0.25, 0.3) is 0 Å². The van der Waals surface area contributed by atoms with Crippen molar-refractivity contribution in [2.75, 3.05) is 6.54 Å². The second-order valence-corrected chi connectivity index (χ2v) is 4.27. The Hall–Kier alpha value is -1.36. The van der Waals surface area contributed by atoms with E-state index < -0.39 is 5.54 Å². The standard InChI is InChI=1S/C11H19N3O2/c1-5-13-11(3,4)10(15)12-7-9-6-8(2)16-14-9/h6,13H,5,7H2,1-4H3,(H,12,15). The lowest BCUT2D eigenvalue weighted by molar-refractivity contribution is -0.126. The Morgan fingerprint density at radius 3 is 2.75 bits per heavy atom. The van der Waals surface area contributed by atoms with Crippen LogP contribution in [-0.2, 0) is 11.3 Å². The summed E-state index contributed by atoms with van der Waals surface area (Å²) in [4.78, 5) is 11.8. The van der Waals surface area contributed by atoms with Gasteiger partial charge in [-0.05, 0) is 27.3 Å². The second kappa shape index (κ2) is 5.12. The zero-order chi connectivity index (χ0) is 12.2. The number of hydrogen-bond donors (Lipinski definition) is 2. The molecule has 5 nitrogen and oxygen atoms in total. The lowest BCUT2D eigenvalue weighted by Crippen LogP contribution is -2.52. The smallest absolute Gasteiger partial charge is 0.240 e. The highest BCUT2D eigenvalue weighted by Crippen LogP contribution is 2.04. The molecule has 1 aromatic heterocycles. The molecule has 1 rings (SSSR count). The predicted octanol–water partition coefficient (Wildman–Crippen LogP) is 0.987. The van der Waals surface area contributed by atoms with Crippen molar-refractivity contribution < 1.29 is 9.32 Å². The van der Waals surface area contributed by atoms with Gasteiger partial charge in [-0.25, -0.2) is 0 Å². The summed E-state index contributed by atoms with van der Waals surface area (Å²) in [6.07, 6.45) is 0. The molecular formula is C11H19N3O2. The first-order valence-corrected chi connectivity index (χ1v) is 5.41. The van der Waals surface area contributed by atoms with Crippen molar-refractivity contribution in [3.63, 3.8) is 0 Å². The highest BCUT2D eigenvalue weighted by Gasteiger charge is 2.25. The maximum atomic E-state index is 11.8. The normalized spacial score (nSPS) is 11.5. The van der Waals surface area contributed by atoms with Gasteiger partial charge in [0.1, 0.15) is 11.5 Å². The Morgan fingerprint density at radius 2 is 2.25 bits per heavy atom. The lowest BCUT2D eigenvalue weighted by atomic mass is 10.0. The number of hydrogen-bond acceptors (Lipinski definition) is 4. The third-order valence-electron chi connectivity index (χ3n) is 2.29. The summed E-state index contributed by atoms with van der Waals surface area (Å²) in [5.74, 6) is 0.699. The van der Waals surface area contributed by atoms with Gasteiger partial charge in [-0.15, -0.1) is 0 Å². The van der Waals surface area contributed by atoms with Gasteiger partial charge in [-0.2, -0.15) is 0 Å². The van der Waals surface area contributed by atoms with E-state index in [0.717, 1.165) is 18.0 Å². The van der Waals surface area contributed by atoms with Crippen LogP contribution in [0.25, 0.3) is 0 Å². The van der Waals surface area contributed by atoms with E-state index in [2.05, 4.69) is 15.8 Å². The maximum absolute atomic E-state index is 11.8. The number of carbonyl (C=O) groups excluding carboxylic acids is 1. The summed E-state index contributed by atoms with van der Waals surface area (Å²) >= 11 is 0. The summed E-state index contributed by atoms with van der Waals surface area (Å²) in [6.45, 7) is 8.63. The summed E-state index contributed by atoms with van der Waals surface area (Å²) in [7, 11) is 0. The van der Waals surface area contributed by atoms with E-state index in [-0.39, 0.29) is 5.91 Å². The SMILES string of the molecule is CCNC(C)(C)C(=O)NCc1cc(C)on1. The number of aryl methyl sites for hydroxylation is 1. The summed E-state index contributed by atoms with van der Waals surface area (Å²) in [5, 5.41) is 9.73. The van der Waals surface area contributed by atoms with Crippen molar-refractivity contribution in [2.45, 2.75) is 39.8 Å². The fraction of sp³-hybridized carbons (Fsp3) is 0.636. The molecular weight excluding hydrogens is 206 g/mol. The van der Waals surface area contributed by atoms with Crippen LogP contribution in [0.5, 0.6) is 0 Å².